The van der Waals surface area contributed by atoms with Gasteiger partial charge in [0.2, 0.25) is 0 Å². The highest BCUT2D eigenvalue weighted by molar-refractivity contribution is 4.97. The van der Waals surface area contributed by atoms with Crippen molar-refractivity contribution in [3.05, 3.63) is 0 Å². The maximum atomic E-state index is 5.99. The van der Waals surface area contributed by atoms with E-state index in [0.717, 1.165) is 32.5 Å². The third-order valence-corrected chi connectivity index (χ3v) is 5.54. The lowest BCUT2D eigenvalue weighted by Crippen LogP contribution is -2.59. The molecule has 0 aromatic rings. The molecule has 2 saturated heterocycles. The predicted octanol–water partition coefficient (Wildman–Crippen LogP) is 2.13. The number of rotatable bonds is 2. The Balaban J connectivity index is 1.75. The normalized spacial score (nSPS) is 39.0. The monoisotopic (exact) mass is 282 g/mol. The summed E-state index contributed by atoms with van der Waals surface area (Å²) in [5.74, 6) is -0.274. The standard InChI is InChI=1S/C16H30N2O2/c1-13-6-4-3-5-9-18(13)15-12-16(19-10-11-20-16)8-7-14(15)17-2/h13-15,17H,3-12H2,1-2H3. The van der Waals surface area contributed by atoms with Gasteiger partial charge in [0.1, 0.15) is 0 Å². The first kappa shape index (κ1) is 14.8. The fourth-order valence-electron chi connectivity index (χ4n) is 4.36. The number of ether oxygens (including phenoxy) is 2. The van der Waals surface area contributed by atoms with Gasteiger partial charge < -0.3 is 14.8 Å². The van der Waals surface area contributed by atoms with E-state index in [1.807, 2.05) is 0 Å². The fraction of sp³-hybridized carbons (Fsp3) is 1.00. The smallest absolute Gasteiger partial charge is 0.170 e. The quantitative estimate of drug-likeness (QED) is 0.841. The van der Waals surface area contributed by atoms with E-state index in [1.54, 1.807) is 0 Å². The summed E-state index contributed by atoms with van der Waals surface area (Å²) in [4.78, 5) is 2.74. The molecule has 4 nitrogen and oxygen atoms in total. The summed E-state index contributed by atoms with van der Waals surface area (Å²) in [7, 11) is 2.11. The van der Waals surface area contributed by atoms with Gasteiger partial charge in [-0.1, -0.05) is 12.8 Å². The van der Waals surface area contributed by atoms with E-state index in [4.69, 9.17) is 9.47 Å². The van der Waals surface area contributed by atoms with Crippen LogP contribution in [0.4, 0.5) is 0 Å². The molecule has 3 unspecified atom stereocenters. The van der Waals surface area contributed by atoms with Crippen LogP contribution in [0.2, 0.25) is 0 Å². The fourth-order valence-corrected chi connectivity index (χ4v) is 4.36. The molecule has 4 heteroatoms. The SMILES string of the molecule is CNC1CCC2(CC1N1CCCCCC1C)OCCO2. The van der Waals surface area contributed by atoms with Crippen LogP contribution in [0.25, 0.3) is 0 Å². The third kappa shape index (κ3) is 2.89. The highest BCUT2D eigenvalue weighted by atomic mass is 16.7. The average molecular weight is 282 g/mol. The predicted molar refractivity (Wildman–Crippen MR) is 79.8 cm³/mol. The molecule has 116 valence electrons. The van der Waals surface area contributed by atoms with E-state index in [0.29, 0.717) is 18.1 Å². The van der Waals surface area contributed by atoms with Gasteiger partial charge in [-0.2, -0.15) is 0 Å². The van der Waals surface area contributed by atoms with Crippen LogP contribution in [0, 0.1) is 0 Å². The highest BCUT2D eigenvalue weighted by Crippen LogP contribution is 2.39. The zero-order valence-corrected chi connectivity index (χ0v) is 13.1. The van der Waals surface area contributed by atoms with E-state index in [2.05, 4.69) is 24.2 Å². The van der Waals surface area contributed by atoms with Gasteiger partial charge in [0.25, 0.3) is 0 Å². The molecule has 0 aromatic carbocycles. The molecule has 0 amide bonds. The van der Waals surface area contributed by atoms with Gasteiger partial charge in [-0.15, -0.1) is 0 Å². The summed E-state index contributed by atoms with van der Waals surface area (Å²) >= 11 is 0. The molecule has 3 atom stereocenters. The van der Waals surface area contributed by atoms with Crippen LogP contribution in [0.1, 0.15) is 51.9 Å². The molecule has 1 aliphatic carbocycles. The van der Waals surface area contributed by atoms with E-state index >= 15 is 0 Å². The van der Waals surface area contributed by atoms with Crippen LogP contribution < -0.4 is 5.32 Å². The van der Waals surface area contributed by atoms with Crippen molar-refractivity contribution >= 4 is 0 Å². The molecule has 3 aliphatic rings. The van der Waals surface area contributed by atoms with Crippen LogP contribution in [0.3, 0.4) is 0 Å². The number of hydrogen-bond donors (Lipinski definition) is 1. The number of nitrogens with one attached hydrogen (secondary N) is 1. The maximum absolute atomic E-state index is 5.99. The van der Waals surface area contributed by atoms with Crippen molar-refractivity contribution < 1.29 is 9.47 Å². The first-order valence-corrected chi connectivity index (χ1v) is 8.45. The number of nitrogens with zero attached hydrogens (tertiary/aromatic N) is 1. The van der Waals surface area contributed by atoms with E-state index < -0.39 is 0 Å². The number of likely N-dealkylation sites (N-methyl/N-ethyl adjacent to an activating group) is 1. The minimum atomic E-state index is -0.274. The molecule has 1 N–H and O–H groups in total. The molecule has 3 fully saturated rings. The molecule has 2 aliphatic heterocycles. The Hall–Kier alpha value is -0.160. The highest BCUT2D eigenvalue weighted by Gasteiger charge is 2.47. The lowest BCUT2D eigenvalue weighted by molar-refractivity contribution is -0.194. The number of likely N-dealkylation sites (tertiary alicyclic amines) is 1. The Kier molecular flexibility index (Phi) is 4.65. The van der Waals surface area contributed by atoms with Crippen LogP contribution in [0.5, 0.6) is 0 Å². The van der Waals surface area contributed by atoms with Crippen LogP contribution >= 0.6 is 0 Å². The molecule has 1 spiro atoms. The second-order valence-corrected chi connectivity index (χ2v) is 6.75. The molecule has 20 heavy (non-hydrogen) atoms. The van der Waals surface area contributed by atoms with Crippen molar-refractivity contribution in [3.8, 4) is 0 Å². The zero-order chi connectivity index (χ0) is 14.0. The van der Waals surface area contributed by atoms with Gasteiger partial charge in [-0.25, -0.2) is 0 Å². The third-order valence-electron chi connectivity index (χ3n) is 5.54. The van der Waals surface area contributed by atoms with E-state index in [1.165, 1.54) is 32.2 Å². The van der Waals surface area contributed by atoms with Gasteiger partial charge in [0.05, 0.1) is 13.2 Å². The summed E-state index contributed by atoms with van der Waals surface area (Å²) in [5.41, 5.74) is 0. The second-order valence-electron chi connectivity index (χ2n) is 6.75. The van der Waals surface area contributed by atoms with Crippen LogP contribution in [-0.2, 0) is 9.47 Å². The van der Waals surface area contributed by atoms with Gasteiger partial charge >= 0.3 is 0 Å². The van der Waals surface area contributed by atoms with Crippen molar-refractivity contribution in [2.75, 3.05) is 26.8 Å². The summed E-state index contributed by atoms with van der Waals surface area (Å²) < 4.78 is 12.0. The molecule has 0 aromatic heterocycles. The lowest BCUT2D eigenvalue weighted by atomic mass is 9.84. The van der Waals surface area contributed by atoms with E-state index in [9.17, 15) is 0 Å². The minimum absolute atomic E-state index is 0.274. The molecule has 0 radical (unpaired) electrons. The number of hydrogen-bond acceptors (Lipinski definition) is 4. The lowest BCUT2D eigenvalue weighted by Gasteiger charge is -2.47. The van der Waals surface area contributed by atoms with Gasteiger partial charge in [0, 0.05) is 31.0 Å². The topological polar surface area (TPSA) is 33.7 Å². The van der Waals surface area contributed by atoms with Crippen molar-refractivity contribution in [2.24, 2.45) is 0 Å². The Labute approximate surface area is 123 Å². The van der Waals surface area contributed by atoms with Gasteiger partial charge in [-0.05, 0) is 39.8 Å². The van der Waals surface area contributed by atoms with Crippen LogP contribution in [0.15, 0.2) is 0 Å². The largest absolute Gasteiger partial charge is 0.347 e. The first-order valence-electron chi connectivity index (χ1n) is 8.45. The minimum Gasteiger partial charge on any atom is -0.347 e. The summed E-state index contributed by atoms with van der Waals surface area (Å²) in [6.45, 7) is 5.18. The van der Waals surface area contributed by atoms with Crippen LogP contribution in [-0.4, -0.2) is 55.6 Å². The molecule has 1 saturated carbocycles. The molecular formula is C16H30N2O2. The molecule has 2 heterocycles. The summed E-state index contributed by atoms with van der Waals surface area (Å²) in [6.07, 6.45) is 8.67. The van der Waals surface area contributed by atoms with Crippen molar-refractivity contribution in [3.63, 3.8) is 0 Å². The Bertz CT molecular complexity index is 318. The molecule has 0 bridgehead atoms. The Morgan fingerprint density at radius 1 is 1.10 bits per heavy atom. The van der Waals surface area contributed by atoms with Gasteiger partial charge in [-0.3, -0.25) is 4.90 Å². The molecular weight excluding hydrogens is 252 g/mol. The maximum Gasteiger partial charge on any atom is 0.170 e. The summed E-state index contributed by atoms with van der Waals surface area (Å²) in [5, 5.41) is 3.55. The van der Waals surface area contributed by atoms with Gasteiger partial charge in [0.15, 0.2) is 5.79 Å². The zero-order valence-electron chi connectivity index (χ0n) is 13.1. The first-order chi connectivity index (χ1) is 9.74. The molecule has 3 rings (SSSR count). The Morgan fingerprint density at radius 3 is 2.65 bits per heavy atom. The van der Waals surface area contributed by atoms with Crippen molar-refractivity contribution in [2.45, 2.75) is 75.8 Å². The average Bonchev–Trinajstić information content (AvgIpc) is 2.79. The van der Waals surface area contributed by atoms with E-state index in [-0.39, 0.29) is 5.79 Å². The Morgan fingerprint density at radius 2 is 1.90 bits per heavy atom. The van der Waals surface area contributed by atoms with Crippen molar-refractivity contribution in [1.29, 1.82) is 0 Å². The summed E-state index contributed by atoms with van der Waals surface area (Å²) in [6, 6.07) is 1.82. The second kappa shape index (κ2) is 6.30. The van der Waals surface area contributed by atoms with Crippen molar-refractivity contribution in [1.82, 2.24) is 10.2 Å².